The van der Waals surface area contributed by atoms with Crippen LogP contribution >= 0.6 is 0 Å². The van der Waals surface area contributed by atoms with Gasteiger partial charge in [0.05, 0.1) is 11.9 Å². The summed E-state index contributed by atoms with van der Waals surface area (Å²) >= 11 is 0. The fourth-order valence-corrected chi connectivity index (χ4v) is 3.30. The number of hydrogen-bond acceptors (Lipinski definition) is 4. The third-order valence-corrected chi connectivity index (χ3v) is 4.48. The highest BCUT2D eigenvalue weighted by atomic mass is 16.2. The summed E-state index contributed by atoms with van der Waals surface area (Å²) in [4.78, 5) is 37.5. The Morgan fingerprint density at radius 2 is 2.13 bits per heavy atom. The van der Waals surface area contributed by atoms with Gasteiger partial charge in [-0.05, 0) is 19.3 Å². The van der Waals surface area contributed by atoms with E-state index < -0.39 is 5.54 Å². The van der Waals surface area contributed by atoms with Gasteiger partial charge in [-0.25, -0.2) is 4.79 Å². The van der Waals surface area contributed by atoms with E-state index in [2.05, 4.69) is 15.7 Å². The highest BCUT2D eigenvalue weighted by molar-refractivity contribution is 6.07. The number of anilines is 1. The van der Waals surface area contributed by atoms with Gasteiger partial charge in [-0.1, -0.05) is 12.8 Å². The Morgan fingerprint density at radius 1 is 1.39 bits per heavy atom. The van der Waals surface area contributed by atoms with Crippen molar-refractivity contribution in [1.82, 2.24) is 20.0 Å². The first kappa shape index (κ1) is 15.5. The van der Waals surface area contributed by atoms with E-state index in [0.29, 0.717) is 12.1 Å². The summed E-state index contributed by atoms with van der Waals surface area (Å²) < 4.78 is 1.60. The van der Waals surface area contributed by atoms with Crippen molar-refractivity contribution in [3.8, 4) is 0 Å². The van der Waals surface area contributed by atoms with Crippen LogP contribution in [0.2, 0.25) is 0 Å². The third-order valence-electron chi connectivity index (χ3n) is 4.48. The van der Waals surface area contributed by atoms with Crippen molar-refractivity contribution < 1.29 is 14.4 Å². The highest BCUT2D eigenvalue weighted by Crippen LogP contribution is 2.35. The zero-order valence-corrected chi connectivity index (χ0v) is 13.2. The molecule has 1 aromatic heterocycles. The van der Waals surface area contributed by atoms with Crippen LogP contribution in [-0.2, 0) is 16.6 Å². The number of rotatable bonds is 5. The second kappa shape index (κ2) is 6.02. The standard InChI is InChI=1S/C15H21N5O3/c1-19-10-11(9-16-19)17-12(21)5-4-8-20-13(22)15(18-14(20)23)6-2-3-7-15/h9-10H,2-8H2,1H3,(H,17,21)(H,18,23). The molecule has 1 saturated heterocycles. The van der Waals surface area contributed by atoms with Crippen LogP contribution in [0.15, 0.2) is 12.4 Å². The van der Waals surface area contributed by atoms with E-state index in [1.54, 1.807) is 24.1 Å². The lowest BCUT2D eigenvalue weighted by Gasteiger charge is -2.19. The Hall–Kier alpha value is -2.38. The van der Waals surface area contributed by atoms with E-state index in [1.165, 1.54) is 4.90 Å². The van der Waals surface area contributed by atoms with Gasteiger partial charge in [0.2, 0.25) is 5.91 Å². The molecule has 8 heteroatoms. The van der Waals surface area contributed by atoms with Crippen molar-refractivity contribution in [1.29, 1.82) is 0 Å². The molecule has 1 spiro atoms. The molecule has 23 heavy (non-hydrogen) atoms. The maximum atomic E-state index is 12.4. The summed E-state index contributed by atoms with van der Waals surface area (Å²) in [5, 5.41) is 9.54. The summed E-state index contributed by atoms with van der Waals surface area (Å²) in [5.41, 5.74) is -0.0351. The van der Waals surface area contributed by atoms with Crippen molar-refractivity contribution in [2.24, 2.45) is 7.05 Å². The second-order valence-corrected chi connectivity index (χ2v) is 6.23. The van der Waals surface area contributed by atoms with Crippen molar-refractivity contribution in [2.75, 3.05) is 11.9 Å². The lowest BCUT2D eigenvalue weighted by Crippen LogP contribution is -2.44. The number of hydrogen-bond donors (Lipinski definition) is 2. The van der Waals surface area contributed by atoms with Gasteiger partial charge in [0.25, 0.3) is 5.91 Å². The Bertz CT molecular complexity index is 633. The topological polar surface area (TPSA) is 96.3 Å². The molecule has 1 aromatic rings. The number of carbonyl (C=O) groups excluding carboxylic acids is 3. The van der Waals surface area contributed by atoms with Gasteiger partial charge in [0, 0.05) is 26.2 Å². The summed E-state index contributed by atoms with van der Waals surface area (Å²) in [6, 6.07) is -0.329. The first-order chi connectivity index (χ1) is 11.0. The Morgan fingerprint density at radius 3 is 2.78 bits per heavy atom. The maximum absolute atomic E-state index is 12.4. The Labute approximate surface area is 134 Å². The molecule has 0 aromatic carbocycles. The van der Waals surface area contributed by atoms with E-state index in [-0.39, 0.29) is 30.8 Å². The van der Waals surface area contributed by atoms with Crippen LogP contribution < -0.4 is 10.6 Å². The van der Waals surface area contributed by atoms with E-state index in [9.17, 15) is 14.4 Å². The molecule has 0 unspecified atom stereocenters. The number of nitrogens with zero attached hydrogens (tertiary/aromatic N) is 3. The average Bonchev–Trinajstić information content (AvgIpc) is 3.17. The molecule has 2 heterocycles. The number of imide groups is 1. The van der Waals surface area contributed by atoms with Gasteiger partial charge in [0.15, 0.2) is 0 Å². The number of urea groups is 1. The van der Waals surface area contributed by atoms with Gasteiger partial charge < -0.3 is 10.6 Å². The van der Waals surface area contributed by atoms with Crippen LogP contribution in [0.25, 0.3) is 0 Å². The van der Waals surface area contributed by atoms with E-state index in [1.807, 2.05) is 0 Å². The van der Waals surface area contributed by atoms with Crippen molar-refractivity contribution >= 4 is 23.5 Å². The van der Waals surface area contributed by atoms with Crippen LogP contribution in [0.5, 0.6) is 0 Å². The number of aryl methyl sites for hydroxylation is 1. The minimum atomic E-state index is -0.672. The fourth-order valence-electron chi connectivity index (χ4n) is 3.30. The lowest BCUT2D eigenvalue weighted by atomic mass is 9.98. The SMILES string of the molecule is Cn1cc(NC(=O)CCCN2C(=O)NC3(CCCC3)C2=O)cn1. The number of nitrogens with one attached hydrogen (secondary N) is 2. The molecule has 1 saturated carbocycles. The zero-order valence-electron chi connectivity index (χ0n) is 13.2. The van der Waals surface area contributed by atoms with Crippen LogP contribution in [0.4, 0.5) is 10.5 Å². The first-order valence-electron chi connectivity index (χ1n) is 7.93. The van der Waals surface area contributed by atoms with Crippen LogP contribution in [0.1, 0.15) is 38.5 Å². The quantitative estimate of drug-likeness (QED) is 0.791. The number of aromatic nitrogens is 2. The molecule has 0 bridgehead atoms. The molecule has 3 rings (SSSR count). The van der Waals surface area contributed by atoms with E-state index in [0.717, 1.165) is 25.7 Å². The van der Waals surface area contributed by atoms with Gasteiger partial charge in [-0.3, -0.25) is 19.2 Å². The van der Waals surface area contributed by atoms with Crippen LogP contribution in [0.3, 0.4) is 0 Å². The summed E-state index contributed by atoms with van der Waals surface area (Å²) in [5.74, 6) is -0.284. The van der Waals surface area contributed by atoms with Crippen LogP contribution in [0, 0.1) is 0 Å². The molecule has 1 aliphatic heterocycles. The molecule has 2 N–H and O–H groups in total. The molecule has 2 fully saturated rings. The third kappa shape index (κ3) is 3.06. The summed E-state index contributed by atoms with van der Waals surface area (Å²) in [7, 11) is 1.77. The number of amides is 4. The average molecular weight is 319 g/mol. The molecule has 4 amide bonds. The molecule has 0 atom stereocenters. The minimum absolute atomic E-state index is 0.132. The van der Waals surface area contributed by atoms with Gasteiger partial charge in [0.1, 0.15) is 5.54 Å². The van der Waals surface area contributed by atoms with Crippen molar-refractivity contribution in [3.05, 3.63) is 12.4 Å². The van der Waals surface area contributed by atoms with Crippen LogP contribution in [-0.4, -0.2) is 44.6 Å². The molecule has 124 valence electrons. The monoisotopic (exact) mass is 319 g/mol. The second-order valence-electron chi connectivity index (χ2n) is 6.23. The normalized spacial score (nSPS) is 19.4. The fraction of sp³-hybridized carbons (Fsp3) is 0.600. The van der Waals surface area contributed by atoms with Crippen molar-refractivity contribution in [3.63, 3.8) is 0 Å². The van der Waals surface area contributed by atoms with Crippen molar-refractivity contribution in [2.45, 2.75) is 44.1 Å². The summed E-state index contributed by atoms with van der Waals surface area (Å²) in [6.45, 7) is 0.271. The smallest absolute Gasteiger partial charge is 0.323 e. The molecule has 8 nitrogen and oxygen atoms in total. The van der Waals surface area contributed by atoms with Gasteiger partial charge >= 0.3 is 6.03 Å². The highest BCUT2D eigenvalue weighted by Gasteiger charge is 2.51. The largest absolute Gasteiger partial charge is 0.325 e. The minimum Gasteiger partial charge on any atom is -0.323 e. The van der Waals surface area contributed by atoms with E-state index >= 15 is 0 Å². The lowest BCUT2D eigenvalue weighted by molar-refractivity contribution is -0.131. The predicted octanol–water partition coefficient (Wildman–Crippen LogP) is 1.00. The molecule has 2 aliphatic rings. The van der Waals surface area contributed by atoms with Gasteiger partial charge in [-0.15, -0.1) is 0 Å². The predicted molar refractivity (Wildman–Crippen MR) is 82.5 cm³/mol. The Balaban J connectivity index is 1.48. The zero-order chi connectivity index (χ0) is 16.4. The number of carbonyl (C=O) groups is 3. The molecule has 0 radical (unpaired) electrons. The molecular weight excluding hydrogens is 298 g/mol. The van der Waals surface area contributed by atoms with Gasteiger partial charge in [-0.2, -0.15) is 5.10 Å². The van der Waals surface area contributed by atoms with E-state index in [4.69, 9.17) is 0 Å². The molecule has 1 aliphatic carbocycles. The maximum Gasteiger partial charge on any atom is 0.325 e. The Kier molecular flexibility index (Phi) is 4.06. The summed E-state index contributed by atoms with van der Waals surface area (Å²) in [6.07, 6.45) is 7.34. The first-order valence-corrected chi connectivity index (χ1v) is 7.93. The molecular formula is C15H21N5O3.